The summed E-state index contributed by atoms with van der Waals surface area (Å²) in [5, 5.41) is 3.00. The number of rotatable bonds is 0. The second kappa shape index (κ2) is 3.70. The third-order valence-corrected chi connectivity index (χ3v) is 4.72. The summed E-state index contributed by atoms with van der Waals surface area (Å²) in [6, 6.07) is 2.66. The standard InChI is InChI=1S/C14H17N3O/c18-14-13-7-9-3-1-2-4-11(9)17(13)12-5-6-15-8-10(12)16-14/h5-6,8-9,11,13H,1-4,7H2,(H,16,18). The van der Waals surface area contributed by atoms with Crippen LogP contribution in [0.3, 0.4) is 0 Å². The van der Waals surface area contributed by atoms with Crippen LogP contribution < -0.4 is 10.2 Å². The van der Waals surface area contributed by atoms with Gasteiger partial charge in [-0.3, -0.25) is 9.78 Å². The molecule has 3 atom stereocenters. The molecule has 1 aliphatic carbocycles. The Kier molecular flexibility index (Phi) is 2.13. The van der Waals surface area contributed by atoms with Crippen molar-refractivity contribution >= 4 is 17.3 Å². The van der Waals surface area contributed by atoms with Crippen LogP contribution in [-0.4, -0.2) is 23.0 Å². The molecular formula is C14H17N3O. The first-order chi connectivity index (χ1) is 8.84. The van der Waals surface area contributed by atoms with Gasteiger partial charge in [0.15, 0.2) is 0 Å². The number of nitrogens with zero attached hydrogens (tertiary/aromatic N) is 2. The monoisotopic (exact) mass is 243 g/mol. The molecule has 0 spiro atoms. The molecule has 0 bridgehead atoms. The average Bonchev–Trinajstić information content (AvgIpc) is 2.79. The number of nitrogens with one attached hydrogen (secondary N) is 1. The predicted octanol–water partition coefficient (Wildman–Crippen LogP) is 2.17. The number of anilines is 2. The second-order valence-corrected chi connectivity index (χ2v) is 5.65. The molecule has 18 heavy (non-hydrogen) atoms. The molecule has 0 radical (unpaired) electrons. The van der Waals surface area contributed by atoms with Crippen LogP contribution in [-0.2, 0) is 4.79 Å². The average molecular weight is 243 g/mol. The van der Waals surface area contributed by atoms with E-state index in [-0.39, 0.29) is 11.9 Å². The molecule has 1 N–H and O–H groups in total. The fraction of sp³-hybridized carbons (Fsp3) is 0.571. The molecule has 4 rings (SSSR count). The maximum atomic E-state index is 12.2. The van der Waals surface area contributed by atoms with Crippen molar-refractivity contribution in [3.8, 4) is 0 Å². The Morgan fingerprint density at radius 2 is 2.22 bits per heavy atom. The summed E-state index contributed by atoms with van der Waals surface area (Å²) in [7, 11) is 0. The smallest absolute Gasteiger partial charge is 0.247 e. The minimum Gasteiger partial charge on any atom is -0.354 e. The van der Waals surface area contributed by atoms with Crippen LogP contribution in [0.2, 0.25) is 0 Å². The van der Waals surface area contributed by atoms with Gasteiger partial charge in [0.1, 0.15) is 6.04 Å². The number of fused-ring (bicyclic) bond motifs is 5. The van der Waals surface area contributed by atoms with Gasteiger partial charge in [0, 0.05) is 12.2 Å². The maximum Gasteiger partial charge on any atom is 0.247 e. The minimum atomic E-state index is 0.0491. The van der Waals surface area contributed by atoms with Crippen molar-refractivity contribution in [1.29, 1.82) is 0 Å². The van der Waals surface area contributed by atoms with Crippen LogP contribution in [0.4, 0.5) is 11.4 Å². The van der Waals surface area contributed by atoms with Crippen LogP contribution in [0, 0.1) is 5.92 Å². The van der Waals surface area contributed by atoms with E-state index in [0.717, 1.165) is 12.1 Å². The first kappa shape index (κ1) is 10.4. The van der Waals surface area contributed by atoms with E-state index in [1.807, 2.05) is 12.3 Å². The van der Waals surface area contributed by atoms with E-state index in [1.54, 1.807) is 6.20 Å². The fourth-order valence-corrected chi connectivity index (χ4v) is 3.97. The van der Waals surface area contributed by atoms with Crippen molar-refractivity contribution in [2.75, 3.05) is 10.2 Å². The second-order valence-electron chi connectivity index (χ2n) is 5.65. The summed E-state index contributed by atoms with van der Waals surface area (Å²) in [4.78, 5) is 18.7. The minimum absolute atomic E-state index is 0.0491. The van der Waals surface area contributed by atoms with E-state index in [2.05, 4.69) is 15.2 Å². The van der Waals surface area contributed by atoms with Crippen molar-refractivity contribution in [1.82, 2.24) is 4.98 Å². The SMILES string of the molecule is O=C1Nc2cnccc2N2C1CC1CCCCC12. The Balaban J connectivity index is 1.80. The van der Waals surface area contributed by atoms with Gasteiger partial charge in [0.25, 0.3) is 0 Å². The molecule has 3 aliphatic rings. The Morgan fingerprint density at radius 1 is 1.33 bits per heavy atom. The quantitative estimate of drug-likeness (QED) is 0.759. The number of hydrogen-bond acceptors (Lipinski definition) is 3. The van der Waals surface area contributed by atoms with Crippen LogP contribution in [0.15, 0.2) is 18.5 Å². The molecule has 1 aromatic heterocycles. The molecule has 1 amide bonds. The zero-order valence-electron chi connectivity index (χ0n) is 10.3. The molecule has 2 aliphatic heterocycles. The summed E-state index contributed by atoms with van der Waals surface area (Å²) in [5.41, 5.74) is 2.05. The van der Waals surface area contributed by atoms with E-state index in [4.69, 9.17) is 0 Å². The molecule has 0 aromatic carbocycles. The van der Waals surface area contributed by atoms with Gasteiger partial charge in [0.2, 0.25) is 5.91 Å². The van der Waals surface area contributed by atoms with Crippen LogP contribution in [0.1, 0.15) is 32.1 Å². The highest BCUT2D eigenvalue weighted by atomic mass is 16.2. The number of aromatic nitrogens is 1. The van der Waals surface area contributed by atoms with Gasteiger partial charge in [-0.05, 0) is 31.2 Å². The summed E-state index contributed by atoms with van der Waals surface area (Å²) >= 11 is 0. The van der Waals surface area contributed by atoms with Gasteiger partial charge in [0.05, 0.1) is 17.6 Å². The van der Waals surface area contributed by atoms with E-state index >= 15 is 0 Å². The summed E-state index contributed by atoms with van der Waals surface area (Å²) in [5.74, 6) is 0.860. The lowest BCUT2D eigenvalue weighted by Gasteiger charge is -2.38. The van der Waals surface area contributed by atoms with Gasteiger partial charge in [-0.25, -0.2) is 0 Å². The third kappa shape index (κ3) is 1.32. The summed E-state index contributed by atoms with van der Waals surface area (Å²) in [6.45, 7) is 0. The number of carbonyl (C=O) groups is 1. The highest BCUT2D eigenvalue weighted by Gasteiger charge is 2.47. The Bertz CT molecular complexity index is 502. The van der Waals surface area contributed by atoms with Gasteiger partial charge < -0.3 is 10.2 Å². The molecular weight excluding hydrogens is 226 g/mol. The molecule has 1 saturated carbocycles. The fourth-order valence-electron chi connectivity index (χ4n) is 3.97. The van der Waals surface area contributed by atoms with Gasteiger partial charge in [-0.2, -0.15) is 0 Å². The number of amides is 1. The predicted molar refractivity (Wildman–Crippen MR) is 69.5 cm³/mol. The number of carbonyl (C=O) groups excluding carboxylic acids is 1. The van der Waals surface area contributed by atoms with Gasteiger partial charge in [-0.15, -0.1) is 0 Å². The van der Waals surface area contributed by atoms with Gasteiger partial charge >= 0.3 is 0 Å². The van der Waals surface area contributed by atoms with Crippen molar-refractivity contribution < 1.29 is 4.79 Å². The lowest BCUT2D eigenvalue weighted by molar-refractivity contribution is -0.117. The van der Waals surface area contributed by atoms with Crippen molar-refractivity contribution in [3.05, 3.63) is 18.5 Å². The largest absolute Gasteiger partial charge is 0.354 e. The molecule has 1 saturated heterocycles. The highest BCUT2D eigenvalue weighted by molar-refractivity contribution is 6.04. The van der Waals surface area contributed by atoms with E-state index < -0.39 is 0 Å². The van der Waals surface area contributed by atoms with Crippen LogP contribution in [0.5, 0.6) is 0 Å². The molecule has 3 unspecified atom stereocenters. The molecule has 2 fully saturated rings. The molecule has 94 valence electrons. The summed E-state index contributed by atoms with van der Waals surface area (Å²) < 4.78 is 0. The maximum absolute atomic E-state index is 12.2. The first-order valence-electron chi connectivity index (χ1n) is 6.88. The van der Waals surface area contributed by atoms with E-state index in [0.29, 0.717) is 12.0 Å². The molecule has 4 heteroatoms. The first-order valence-corrected chi connectivity index (χ1v) is 6.88. The van der Waals surface area contributed by atoms with E-state index in [9.17, 15) is 4.79 Å². The molecule has 4 nitrogen and oxygen atoms in total. The number of pyridine rings is 1. The lowest BCUT2D eigenvalue weighted by Crippen LogP contribution is -2.48. The van der Waals surface area contributed by atoms with Crippen LogP contribution >= 0.6 is 0 Å². The third-order valence-electron chi connectivity index (χ3n) is 4.72. The number of hydrogen-bond donors (Lipinski definition) is 1. The highest BCUT2D eigenvalue weighted by Crippen LogP contribution is 2.46. The van der Waals surface area contributed by atoms with Crippen LogP contribution in [0.25, 0.3) is 0 Å². The summed E-state index contributed by atoms with van der Waals surface area (Å²) in [6.07, 6.45) is 9.75. The Labute approximate surface area is 106 Å². The van der Waals surface area contributed by atoms with Crippen molar-refractivity contribution in [2.24, 2.45) is 5.92 Å². The van der Waals surface area contributed by atoms with Crippen molar-refractivity contribution in [2.45, 2.75) is 44.2 Å². The Hall–Kier alpha value is -1.58. The normalized spacial score (nSPS) is 33.4. The van der Waals surface area contributed by atoms with Gasteiger partial charge in [-0.1, -0.05) is 12.8 Å². The zero-order valence-corrected chi connectivity index (χ0v) is 10.3. The Morgan fingerprint density at radius 3 is 3.17 bits per heavy atom. The van der Waals surface area contributed by atoms with Crippen molar-refractivity contribution in [3.63, 3.8) is 0 Å². The zero-order chi connectivity index (χ0) is 12.1. The lowest BCUT2D eigenvalue weighted by atomic mass is 9.85. The van der Waals surface area contributed by atoms with E-state index in [1.165, 1.54) is 31.4 Å². The molecule has 3 heterocycles. The molecule has 1 aromatic rings. The topological polar surface area (TPSA) is 45.2 Å².